The molecule has 43 heavy (non-hydrogen) atoms. The lowest BCUT2D eigenvalue weighted by atomic mass is 9.90. The number of carboxylic acid groups (broad SMARTS) is 1. The average Bonchev–Trinajstić information content (AvgIpc) is 3.05. The van der Waals surface area contributed by atoms with E-state index >= 15 is 0 Å². The van der Waals surface area contributed by atoms with Gasteiger partial charge in [0.1, 0.15) is 11.5 Å². The van der Waals surface area contributed by atoms with E-state index < -0.39 is 29.8 Å². The Morgan fingerprint density at radius 2 is 1.86 bits per heavy atom. The summed E-state index contributed by atoms with van der Waals surface area (Å²) in [5.74, 6) is -2.08. The molecule has 0 radical (unpaired) electrons. The molecule has 0 aliphatic carbocycles. The van der Waals surface area contributed by atoms with Gasteiger partial charge in [-0.1, -0.05) is 40.2 Å². The second-order valence-corrected chi connectivity index (χ2v) is 10.8. The van der Waals surface area contributed by atoms with Crippen LogP contribution in [0.25, 0.3) is 10.8 Å². The van der Waals surface area contributed by atoms with Crippen molar-refractivity contribution in [2.45, 2.75) is 37.3 Å². The third-order valence-electron chi connectivity index (χ3n) is 7.14. The van der Waals surface area contributed by atoms with Crippen LogP contribution in [0.15, 0.2) is 59.1 Å². The number of benzene rings is 3. The number of ether oxygens (including phenoxy) is 3. The lowest BCUT2D eigenvalue weighted by Gasteiger charge is -2.45. The zero-order valence-corrected chi connectivity index (χ0v) is 24.9. The monoisotopic (exact) mass is 667 g/mol. The number of fused-ring (bicyclic) bond motifs is 2. The molecular weight excluding hydrogens is 639 g/mol. The van der Waals surface area contributed by atoms with E-state index in [-0.39, 0.29) is 31.6 Å². The van der Waals surface area contributed by atoms with Crippen molar-refractivity contribution in [2.75, 3.05) is 32.3 Å². The van der Waals surface area contributed by atoms with Crippen LogP contribution in [0, 0.1) is 0 Å². The lowest BCUT2D eigenvalue weighted by molar-refractivity contribution is -0.192. The maximum atomic E-state index is 14.3. The summed E-state index contributed by atoms with van der Waals surface area (Å²) in [5, 5.41) is 15.0. The Morgan fingerprint density at radius 3 is 2.44 bits per heavy atom. The minimum absolute atomic E-state index is 0.200. The number of carbonyl (C=O) groups is 3. The van der Waals surface area contributed by atoms with Gasteiger partial charge in [-0.15, -0.1) is 0 Å². The molecule has 1 unspecified atom stereocenters. The van der Waals surface area contributed by atoms with Crippen molar-refractivity contribution in [3.05, 3.63) is 64.6 Å². The van der Waals surface area contributed by atoms with Crippen molar-refractivity contribution in [3.8, 4) is 11.5 Å². The van der Waals surface area contributed by atoms with Crippen LogP contribution < -0.4 is 25.0 Å². The minimum atomic E-state index is -5.08. The van der Waals surface area contributed by atoms with Gasteiger partial charge < -0.3 is 34.9 Å². The molecule has 1 fully saturated rings. The number of halogens is 4. The summed E-state index contributed by atoms with van der Waals surface area (Å²) >= 11 is 3.54. The zero-order chi connectivity index (χ0) is 31.5. The zero-order valence-electron chi connectivity index (χ0n) is 23.3. The molecular formula is C29H29BrF3N3O7. The number of methoxy groups -OCH3 is 1. The third kappa shape index (κ3) is 6.71. The average molecular weight is 668 g/mol. The van der Waals surface area contributed by atoms with Crippen LogP contribution >= 0.6 is 15.9 Å². The number of hydrogen-bond acceptors (Lipinski definition) is 7. The van der Waals surface area contributed by atoms with Crippen LogP contribution in [0.4, 0.5) is 18.9 Å². The first-order valence-corrected chi connectivity index (χ1v) is 13.8. The largest absolute Gasteiger partial charge is 0.496 e. The van der Waals surface area contributed by atoms with Crippen molar-refractivity contribution >= 4 is 50.2 Å². The maximum absolute atomic E-state index is 14.3. The van der Waals surface area contributed by atoms with E-state index in [0.29, 0.717) is 17.2 Å². The topological polar surface area (TPSA) is 126 Å². The van der Waals surface area contributed by atoms with Gasteiger partial charge in [-0.3, -0.25) is 9.59 Å². The molecule has 2 atom stereocenters. The van der Waals surface area contributed by atoms with Crippen LogP contribution in [0.1, 0.15) is 12.5 Å². The summed E-state index contributed by atoms with van der Waals surface area (Å²) in [6.45, 7) is 2.37. The Morgan fingerprint density at radius 1 is 1.19 bits per heavy atom. The normalized spacial score (nSPS) is 17.9. The number of nitrogens with one attached hydrogen (secondary N) is 2. The highest BCUT2D eigenvalue weighted by atomic mass is 79.9. The fourth-order valence-corrected chi connectivity index (χ4v) is 5.06. The van der Waals surface area contributed by atoms with Gasteiger partial charge >= 0.3 is 12.1 Å². The number of rotatable bonds is 6. The predicted octanol–water partition coefficient (Wildman–Crippen LogP) is 4.03. The fourth-order valence-electron chi connectivity index (χ4n) is 4.69. The summed E-state index contributed by atoms with van der Waals surface area (Å²) < 4.78 is 50.4. The number of hydrogen-bond donors (Lipinski definition) is 3. The van der Waals surface area contributed by atoms with Gasteiger partial charge in [0, 0.05) is 10.0 Å². The van der Waals surface area contributed by atoms with Gasteiger partial charge in [-0.2, -0.15) is 13.2 Å². The Bertz CT molecular complexity index is 1530. The summed E-state index contributed by atoms with van der Waals surface area (Å²) in [7, 11) is 3.32. The number of alkyl halides is 3. The highest BCUT2D eigenvalue weighted by Crippen LogP contribution is 2.42. The van der Waals surface area contributed by atoms with Crippen molar-refractivity contribution in [3.63, 3.8) is 0 Å². The highest BCUT2D eigenvalue weighted by molar-refractivity contribution is 9.10. The molecule has 3 N–H and O–H groups in total. The van der Waals surface area contributed by atoms with Gasteiger partial charge in [0.15, 0.2) is 11.6 Å². The first-order valence-electron chi connectivity index (χ1n) is 13.0. The van der Waals surface area contributed by atoms with E-state index in [2.05, 4.69) is 26.6 Å². The van der Waals surface area contributed by atoms with Crippen LogP contribution in [0.2, 0.25) is 0 Å². The Kier molecular flexibility index (Phi) is 9.52. The van der Waals surface area contributed by atoms with Gasteiger partial charge in [0.25, 0.3) is 5.91 Å². The number of para-hydroxylation sites is 2. The smallest absolute Gasteiger partial charge is 0.490 e. The first kappa shape index (κ1) is 32.0. The minimum Gasteiger partial charge on any atom is -0.496 e. The molecule has 14 heteroatoms. The molecule has 0 saturated carbocycles. The molecule has 3 aromatic rings. The fraction of sp³-hybridized carbons (Fsp3) is 0.345. The molecule has 0 bridgehead atoms. The number of carbonyl (C=O) groups excluding carboxylic acids is 2. The van der Waals surface area contributed by atoms with Gasteiger partial charge in [0.2, 0.25) is 5.91 Å². The molecule has 230 valence electrons. The summed E-state index contributed by atoms with van der Waals surface area (Å²) in [5.41, 5.74) is 0.502. The number of anilines is 1. The number of amides is 2. The van der Waals surface area contributed by atoms with E-state index in [1.807, 2.05) is 54.6 Å². The summed E-state index contributed by atoms with van der Waals surface area (Å²) in [6.07, 6.45) is -5.08. The molecule has 2 aliphatic rings. The Labute approximate surface area is 253 Å². The highest BCUT2D eigenvalue weighted by Gasteiger charge is 2.56. The van der Waals surface area contributed by atoms with Crippen LogP contribution in [-0.4, -0.2) is 74.1 Å². The van der Waals surface area contributed by atoms with Crippen LogP contribution in [-0.2, 0) is 25.7 Å². The Hall–Kier alpha value is -3.88. The lowest BCUT2D eigenvalue weighted by Crippen LogP contribution is -2.71. The van der Waals surface area contributed by atoms with Gasteiger partial charge in [0.05, 0.1) is 38.6 Å². The first-order chi connectivity index (χ1) is 20.3. The molecule has 2 heterocycles. The predicted molar refractivity (Wildman–Crippen MR) is 154 cm³/mol. The number of aliphatic carboxylic acids is 1. The molecule has 5 rings (SSSR count). The Balaban J connectivity index is 0.000000541. The molecule has 1 spiro atoms. The van der Waals surface area contributed by atoms with Crippen molar-refractivity contribution < 1.29 is 46.9 Å². The molecule has 3 aromatic carbocycles. The quantitative estimate of drug-likeness (QED) is 0.360. The maximum Gasteiger partial charge on any atom is 0.490 e. The summed E-state index contributed by atoms with van der Waals surface area (Å²) in [4.78, 5) is 37.7. The van der Waals surface area contributed by atoms with Crippen LogP contribution in [0.3, 0.4) is 0 Å². The molecule has 10 nitrogen and oxygen atoms in total. The SMILES string of the molecule is CN[C@@H](C)C(=O)NC1C(=O)N(Cc2c(OC)ccc3cc(Br)ccc23)c2ccccc2OC12COC2.O=C(O)C(F)(F)F. The standard InChI is InChI=1S/C27H28BrN3O5.C2HF3O2/c1-16(29-2)25(32)30-24-26(33)31(21-6-4-5-7-23(21)36-27(24)14-35-15-27)13-20-19-10-9-18(28)12-17(19)8-11-22(20)34-3;3-2(4,5)1(6)7/h4-12,16,24,29H,13-15H2,1-3H3,(H,30,32);(H,6,7)/t16-,24?;/m0./s1. The van der Waals surface area contributed by atoms with Crippen molar-refractivity contribution in [1.82, 2.24) is 10.6 Å². The van der Waals surface area contributed by atoms with E-state index in [1.165, 1.54) is 0 Å². The van der Waals surface area contributed by atoms with E-state index in [4.69, 9.17) is 24.1 Å². The van der Waals surface area contributed by atoms with Gasteiger partial charge in [-0.25, -0.2) is 4.79 Å². The van der Waals surface area contributed by atoms with E-state index in [1.54, 1.807) is 26.0 Å². The van der Waals surface area contributed by atoms with Crippen molar-refractivity contribution in [1.29, 1.82) is 0 Å². The summed E-state index contributed by atoms with van der Waals surface area (Å²) in [6, 6.07) is 15.9. The molecule has 1 saturated heterocycles. The second kappa shape index (κ2) is 12.8. The number of carboxylic acids is 1. The molecule has 2 amide bonds. The van der Waals surface area contributed by atoms with E-state index in [9.17, 15) is 22.8 Å². The second-order valence-electron chi connectivity index (χ2n) is 9.92. The van der Waals surface area contributed by atoms with Crippen molar-refractivity contribution in [2.24, 2.45) is 0 Å². The third-order valence-corrected chi connectivity index (χ3v) is 7.64. The molecule has 0 aromatic heterocycles. The van der Waals surface area contributed by atoms with Gasteiger partial charge in [-0.05, 0) is 55.1 Å². The molecule has 2 aliphatic heterocycles. The van der Waals surface area contributed by atoms with E-state index in [0.717, 1.165) is 20.8 Å². The number of nitrogens with zero attached hydrogens (tertiary/aromatic N) is 1. The number of likely N-dealkylation sites (N-methyl/N-ethyl adjacent to an activating group) is 1. The van der Waals surface area contributed by atoms with Crippen LogP contribution in [0.5, 0.6) is 11.5 Å².